The Morgan fingerprint density at radius 1 is 0.929 bits per heavy atom. The Hall–Kier alpha value is 0.170. The number of alkyl halides is 2. The summed E-state index contributed by atoms with van der Waals surface area (Å²) >= 11 is 8.67. The predicted molar refractivity (Wildman–Crippen MR) is 186 cm³/mol. The van der Waals surface area contributed by atoms with Crippen molar-refractivity contribution in [2.24, 2.45) is 46.3 Å². The van der Waals surface area contributed by atoms with E-state index in [1.54, 1.807) is 0 Å². The monoisotopic (exact) mass is 710 g/mol. The third kappa shape index (κ3) is 7.41. The molecule has 0 aromatic heterocycles. The standard InChI is InChI=1S/C38H64Br2O2/c1-7-8-9-10-11-12-13-14-18-35(41)42-29-21-24-37(6)33-22-23-36(5)31(28(4)17-15-16-27(2)3)19-20-32(36)30(33)25-34(39)38(37,40)26-29/h7,27-34H,1,8-26H2,2-6H3/t28-,29+,30+,31-,32+,33+,34-,36-,37-,38+/m1/s1. The van der Waals surface area contributed by atoms with Gasteiger partial charge in [0.2, 0.25) is 0 Å². The SMILES string of the molecule is C=CCCCCCCCCC(=O)O[C@H]1CC[C@]2(C)[C@H]3CC[C@]4(C)[C@@H]([C@H](C)CCCC(C)C)CC[C@H]4[C@@H]3C[C@@H](Br)[C@@]2(Br)C1. The molecule has 10 atom stereocenters. The number of allylic oxidation sites excluding steroid dienone is 1. The topological polar surface area (TPSA) is 26.3 Å². The van der Waals surface area contributed by atoms with Crippen molar-refractivity contribution >= 4 is 37.8 Å². The summed E-state index contributed by atoms with van der Waals surface area (Å²) in [6.45, 7) is 16.4. The molecule has 2 nitrogen and oxygen atoms in total. The number of rotatable bonds is 15. The molecule has 0 aromatic carbocycles. The molecule has 4 fully saturated rings. The molecule has 0 saturated heterocycles. The first kappa shape index (κ1) is 35.0. The number of unbranched alkanes of at least 4 members (excludes halogenated alkanes) is 6. The van der Waals surface area contributed by atoms with Gasteiger partial charge in [-0.1, -0.05) is 118 Å². The molecule has 0 aliphatic heterocycles. The molecule has 0 bridgehead atoms. The highest BCUT2D eigenvalue weighted by molar-refractivity contribution is 9.12. The van der Waals surface area contributed by atoms with Gasteiger partial charge in [-0.05, 0) is 111 Å². The second-order valence-electron chi connectivity index (χ2n) is 16.2. The van der Waals surface area contributed by atoms with Gasteiger partial charge in [0.15, 0.2) is 0 Å². The molecule has 0 heterocycles. The van der Waals surface area contributed by atoms with Crippen molar-refractivity contribution in [3.05, 3.63) is 12.7 Å². The van der Waals surface area contributed by atoms with E-state index in [0.29, 0.717) is 16.7 Å². The lowest BCUT2D eigenvalue weighted by molar-refractivity contribution is -0.158. The van der Waals surface area contributed by atoms with Crippen LogP contribution in [0, 0.1) is 46.3 Å². The van der Waals surface area contributed by atoms with Crippen LogP contribution in [0.15, 0.2) is 12.7 Å². The highest BCUT2D eigenvalue weighted by atomic mass is 79.9. The zero-order chi connectivity index (χ0) is 30.5. The number of halogens is 2. The number of carbonyl (C=O) groups is 1. The maximum atomic E-state index is 12.8. The van der Waals surface area contributed by atoms with Gasteiger partial charge in [0.05, 0.1) is 0 Å². The van der Waals surface area contributed by atoms with Crippen LogP contribution in [0.1, 0.15) is 157 Å². The average molecular weight is 713 g/mol. The summed E-state index contributed by atoms with van der Waals surface area (Å²) in [6.07, 6.45) is 25.2. The van der Waals surface area contributed by atoms with Crippen LogP contribution >= 0.6 is 31.9 Å². The zero-order valence-electron chi connectivity index (χ0n) is 27.9. The van der Waals surface area contributed by atoms with Crippen LogP contribution in [0.25, 0.3) is 0 Å². The lowest BCUT2D eigenvalue weighted by Crippen LogP contribution is -2.64. The van der Waals surface area contributed by atoms with Crippen LogP contribution in [0.2, 0.25) is 0 Å². The molecule has 0 N–H and O–H groups in total. The molecular weight excluding hydrogens is 648 g/mol. The Bertz CT molecular complexity index is 888. The van der Waals surface area contributed by atoms with Crippen LogP contribution in [0.3, 0.4) is 0 Å². The van der Waals surface area contributed by atoms with Crippen LogP contribution in [-0.2, 0) is 9.53 Å². The molecule has 42 heavy (non-hydrogen) atoms. The van der Waals surface area contributed by atoms with Crippen molar-refractivity contribution in [1.82, 2.24) is 0 Å². The van der Waals surface area contributed by atoms with Gasteiger partial charge in [0.1, 0.15) is 6.10 Å². The molecule has 0 spiro atoms. The highest BCUT2D eigenvalue weighted by Crippen LogP contribution is 2.71. The Morgan fingerprint density at radius 2 is 1.64 bits per heavy atom. The molecule has 242 valence electrons. The second kappa shape index (κ2) is 15.2. The Balaban J connectivity index is 1.31. The molecule has 4 saturated carbocycles. The molecule has 0 aromatic rings. The van der Waals surface area contributed by atoms with Gasteiger partial charge in [-0.2, -0.15) is 0 Å². The van der Waals surface area contributed by atoms with Crippen molar-refractivity contribution in [3.8, 4) is 0 Å². The van der Waals surface area contributed by atoms with Gasteiger partial charge in [0, 0.05) is 22.0 Å². The van der Waals surface area contributed by atoms with Crippen molar-refractivity contribution in [3.63, 3.8) is 0 Å². The average Bonchev–Trinajstić information content (AvgIpc) is 3.29. The molecule has 0 radical (unpaired) electrons. The summed E-state index contributed by atoms with van der Waals surface area (Å²) in [6, 6.07) is 0. The maximum absolute atomic E-state index is 12.8. The van der Waals surface area contributed by atoms with E-state index in [4.69, 9.17) is 4.74 Å². The van der Waals surface area contributed by atoms with E-state index in [2.05, 4.69) is 73.1 Å². The minimum Gasteiger partial charge on any atom is -0.462 e. The second-order valence-corrected chi connectivity index (χ2v) is 18.7. The van der Waals surface area contributed by atoms with Crippen LogP contribution < -0.4 is 0 Å². The number of carbonyl (C=O) groups excluding carboxylic acids is 1. The molecule has 4 heteroatoms. The van der Waals surface area contributed by atoms with Gasteiger partial charge >= 0.3 is 5.97 Å². The lowest BCUT2D eigenvalue weighted by atomic mass is 9.44. The summed E-state index contributed by atoms with van der Waals surface area (Å²) < 4.78 is 6.17. The third-order valence-corrected chi connectivity index (χ3v) is 16.8. The quantitative estimate of drug-likeness (QED) is 0.0731. The van der Waals surface area contributed by atoms with Gasteiger partial charge in [0.25, 0.3) is 0 Å². The summed E-state index contributed by atoms with van der Waals surface area (Å²) in [4.78, 5) is 13.3. The van der Waals surface area contributed by atoms with E-state index < -0.39 is 0 Å². The third-order valence-electron chi connectivity index (χ3n) is 13.2. The van der Waals surface area contributed by atoms with Crippen LogP contribution in [-0.4, -0.2) is 21.2 Å². The van der Waals surface area contributed by atoms with E-state index in [9.17, 15) is 4.79 Å². The highest BCUT2D eigenvalue weighted by Gasteiger charge is 2.67. The van der Waals surface area contributed by atoms with Crippen LogP contribution in [0.4, 0.5) is 0 Å². The fourth-order valence-corrected chi connectivity index (χ4v) is 13.0. The minimum atomic E-state index is 0.00564. The largest absolute Gasteiger partial charge is 0.462 e. The summed E-state index contributed by atoms with van der Waals surface area (Å²) in [7, 11) is 0. The van der Waals surface area contributed by atoms with E-state index in [-0.39, 0.29) is 21.8 Å². The number of esters is 1. The molecule has 4 rings (SSSR count). The van der Waals surface area contributed by atoms with Crippen molar-refractivity contribution < 1.29 is 9.53 Å². The smallest absolute Gasteiger partial charge is 0.306 e. The first-order chi connectivity index (χ1) is 20.0. The van der Waals surface area contributed by atoms with E-state index in [1.165, 1.54) is 83.5 Å². The predicted octanol–water partition coefficient (Wildman–Crippen LogP) is 12.2. The first-order valence-electron chi connectivity index (χ1n) is 18.1. The fourth-order valence-electron chi connectivity index (χ4n) is 10.8. The van der Waals surface area contributed by atoms with Crippen molar-refractivity contribution in [2.75, 3.05) is 0 Å². The summed E-state index contributed by atoms with van der Waals surface area (Å²) in [5.41, 5.74) is 0.771. The van der Waals surface area contributed by atoms with Crippen LogP contribution in [0.5, 0.6) is 0 Å². The summed E-state index contributed by atoms with van der Waals surface area (Å²) in [5.74, 6) is 5.10. The molecule has 4 aliphatic rings. The van der Waals surface area contributed by atoms with Gasteiger partial charge < -0.3 is 4.74 Å². The fraction of sp³-hybridized carbons (Fsp3) is 0.921. The van der Waals surface area contributed by atoms with E-state index >= 15 is 0 Å². The van der Waals surface area contributed by atoms with Crippen molar-refractivity contribution in [1.29, 1.82) is 0 Å². The number of ether oxygens (including phenoxy) is 1. The zero-order valence-corrected chi connectivity index (χ0v) is 31.1. The van der Waals surface area contributed by atoms with E-state index in [0.717, 1.165) is 67.6 Å². The Kier molecular flexibility index (Phi) is 12.7. The number of hydrogen-bond donors (Lipinski definition) is 0. The first-order valence-corrected chi connectivity index (χ1v) is 19.8. The molecule has 4 aliphatic carbocycles. The Morgan fingerprint density at radius 3 is 2.36 bits per heavy atom. The number of fused-ring (bicyclic) bond motifs is 5. The summed E-state index contributed by atoms with van der Waals surface area (Å²) in [5, 5.41) is 0. The molecular formula is C38H64Br2O2. The van der Waals surface area contributed by atoms with E-state index in [1.807, 2.05) is 6.08 Å². The normalized spacial score (nSPS) is 40.2. The lowest BCUT2D eigenvalue weighted by Gasteiger charge is -2.66. The number of hydrogen-bond acceptors (Lipinski definition) is 2. The van der Waals surface area contributed by atoms with Gasteiger partial charge in [-0.3, -0.25) is 4.79 Å². The molecule has 0 amide bonds. The van der Waals surface area contributed by atoms with Gasteiger partial charge in [-0.15, -0.1) is 6.58 Å². The Labute approximate surface area is 277 Å². The minimum absolute atomic E-state index is 0.00564. The molecule has 0 unspecified atom stereocenters. The maximum Gasteiger partial charge on any atom is 0.306 e. The van der Waals surface area contributed by atoms with Crippen molar-refractivity contribution in [2.45, 2.75) is 172 Å². The van der Waals surface area contributed by atoms with Gasteiger partial charge in [-0.25, -0.2) is 0 Å².